The normalized spacial score (nSPS) is 10.6. The number of anilines is 2. The second-order valence-electron chi connectivity index (χ2n) is 5.98. The first-order valence-corrected chi connectivity index (χ1v) is 9.61. The van der Waals surface area contributed by atoms with Crippen LogP contribution in [-0.4, -0.2) is 9.97 Å². The van der Waals surface area contributed by atoms with Crippen molar-refractivity contribution in [3.05, 3.63) is 69.8 Å². The highest BCUT2D eigenvalue weighted by molar-refractivity contribution is 9.10. The van der Waals surface area contributed by atoms with Gasteiger partial charge in [0.1, 0.15) is 17.0 Å². The standard InChI is InChI=1S/C20H16BrN3S.ClH/c1-12-3-8-16(9-13(12)2)24-19-18-17(10-25-20(18)23-11-22-19)14-4-6-15(21)7-5-14;/h3-11H,1-2H3,(H,22,23,24);1H. The van der Waals surface area contributed by atoms with Crippen molar-refractivity contribution in [2.75, 3.05) is 5.32 Å². The molecule has 2 heterocycles. The van der Waals surface area contributed by atoms with Crippen molar-refractivity contribution >= 4 is 61.4 Å². The van der Waals surface area contributed by atoms with Gasteiger partial charge in [-0.15, -0.1) is 23.7 Å². The lowest BCUT2D eigenvalue weighted by Crippen LogP contribution is -1.96. The Balaban J connectivity index is 0.00000196. The van der Waals surface area contributed by atoms with Crippen LogP contribution in [0.4, 0.5) is 11.5 Å². The molecular weight excluding hydrogens is 430 g/mol. The Labute approximate surface area is 171 Å². The van der Waals surface area contributed by atoms with Crippen LogP contribution in [-0.2, 0) is 0 Å². The molecule has 0 amide bonds. The summed E-state index contributed by atoms with van der Waals surface area (Å²) in [4.78, 5) is 9.93. The Bertz CT molecular complexity index is 1060. The van der Waals surface area contributed by atoms with E-state index in [0.29, 0.717) is 0 Å². The van der Waals surface area contributed by atoms with E-state index in [-0.39, 0.29) is 12.4 Å². The van der Waals surface area contributed by atoms with Gasteiger partial charge in [-0.2, -0.15) is 0 Å². The molecule has 0 aliphatic carbocycles. The minimum absolute atomic E-state index is 0. The van der Waals surface area contributed by atoms with Crippen molar-refractivity contribution in [1.82, 2.24) is 9.97 Å². The summed E-state index contributed by atoms with van der Waals surface area (Å²) in [5.41, 5.74) is 5.89. The van der Waals surface area contributed by atoms with Gasteiger partial charge in [0, 0.05) is 21.1 Å². The SMILES string of the molecule is Cc1ccc(Nc2ncnc3scc(-c4ccc(Br)cc4)c23)cc1C.Cl. The predicted octanol–water partition coefficient (Wildman–Crippen LogP) is 6.90. The van der Waals surface area contributed by atoms with Crippen molar-refractivity contribution < 1.29 is 0 Å². The molecule has 2 aromatic carbocycles. The molecule has 0 aliphatic rings. The van der Waals surface area contributed by atoms with E-state index in [2.05, 4.69) is 92.9 Å². The minimum atomic E-state index is 0. The molecule has 0 aliphatic heterocycles. The first-order valence-electron chi connectivity index (χ1n) is 7.94. The predicted molar refractivity (Wildman–Crippen MR) is 117 cm³/mol. The van der Waals surface area contributed by atoms with E-state index in [0.717, 1.165) is 37.3 Å². The number of nitrogens with zero attached hydrogens (tertiary/aromatic N) is 2. The molecule has 0 spiro atoms. The molecule has 0 fully saturated rings. The van der Waals surface area contributed by atoms with Crippen LogP contribution in [0.1, 0.15) is 11.1 Å². The number of nitrogens with one attached hydrogen (secondary N) is 1. The molecule has 1 N–H and O–H groups in total. The number of benzene rings is 2. The lowest BCUT2D eigenvalue weighted by molar-refractivity contribution is 1.23. The van der Waals surface area contributed by atoms with Gasteiger partial charge in [-0.3, -0.25) is 0 Å². The molecule has 0 atom stereocenters. The number of aryl methyl sites for hydroxylation is 2. The number of hydrogen-bond donors (Lipinski definition) is 1. The Morgan fingerprint density at radius 2 is 1.73 bits per heavy atom. The number of hydrogen-bond acceptors (Lipinski definition) is 4. The third-order valence-corrected chi connectivity index (χ3v) is 5.71. The van der Waals surface area contributed by atoms with Crippen LogP contribution in [0.2, 0.25) is 0 Å². The highest BCUT2D eigenvalue weighted by Crippen LogP contribution is 2.37. The molecule has 0 saturated heterocycles. The average Bonchev–Trinajstić information content (AvgIpc) is 3.04. The Morgan fingerprint density at radius 3 is 2.46 bits per heavy atom. The fourth-order valence-electron chi connectivity index (χ4n) is 2.77. The van der Waals surface area contributed by atoms with Crippen molar-refractivity contribution in [2.45, 2.75) is 13.8 Å². The third-order valence-electron chi connectivity index (χ3n) is 4.30. The van der Waals surface area contributed by atoms with Gasteiger partial charge >= 0.3 is 0 Å². The molecule has 4 aromatic rings. The van der Waals surface area contributed by atoms with Gasteiger partial charge in [0.05, 0.1) is 5.39 Å². The van der Waals surface area contributed by atoms with Crippen molar-refractivity contribution in [1.29, 1.82) is 0 Å². The second kappa shape index (κ2) is 7.74. The molecule has 4 rings (SSSR count). The fourth-order valence-corrected chi connectivity index (χ4v) is 3.95. The zero-order valence-corrected chi connectivity index (χ0v) is 17.5. The summed E-state index contributed by atoms with van der Waals surface area (Å²) in [7, 11) is 0. The van der Waals surface area contributed by atoms with Gasteiger partial charge in [0.15, 0.2) is 0 Å². The summed E-state index contributed by atoms with van der Waals surface area (Å²) in [5.74, 6) is 0.840. The largest absolute Gasteiger partial charge is 0.340 e. The fraction of sp³-hybridized carbons (Fsp3) is 0.100. The lowest BCUT2D eigenvalue weighted by Gasteiger charge is -2.10. The number of halogens is 2. The van der Waals surface area contributed by atoms with Gasteiger partial charge in [0.25, 0.3) is 0 Å². The zero-order valence-electron chi connectivity index (χ0n) is 14.3. The van der Waals surface area contributed by atoms with E-state index in [9.17, 15) is 0 Å². The monoisotopic (exact) mass is 445 g/mol. The van der Waals surface area contributed by atoms with Crippen LogP contribution < -0.4 is 5.32 Å². The van der Waals surface area contributed by atoms with E-state index in [4.69, 9.17) is 0 Å². The molecular formula is C20H17BrClN3S. The quantitative estimate of drug-likeness (QED) is 0.372. The van der Waals surface area contributed by atoms with E-state index in [1.54, 1.807) is 17.7 Å². The maximum Gasteiger partial charge on any atom is 0.143 e. The van der Waals surface area contributed by atoms with Crippen molar-refractivity contribution in [3.8, 4) is 11.1 Å². The molecule has 6 heteroatoms. The second-order valence-corrected chi connectivity index (χ2v) is 7.76. The van der Waals surface area contributed by atoms with Gasteiger partial charge in [-0.05, 0) is 54.8 Å². The van der Waals surface area contributed by atoms with E-state index < -0.39 is 0 Å². The van der Waals surface area contributed by atoms with Gasteiger partial charge < -0.3 is 5.32 Å². The molecule has 0 unspecified atom stereocenters. The van der Waals surface area contributed by atoms with Crippen LogP contribution in [0.25, 0.3) is 21.3 Å². The van der Waals surface area contributed by atoms with Crippen LogP contribution in [0.15, 0.2) is 58.6 Å². The Hall–Kier alpha value is -1.95. The summed E-state index contributed by atoms with van der Waals surface area (Å²) in [6, 6.07) is 14.7. The zero-order chi connectivity index (χ0) is 17.4. The molecule has 26 heavy (non-hydrogen) atoms. The number of fused-ring (bicyclic) bond motifs is 1. The molecule has 0 bridgehead atoms. The van der Waals surface area contributed by atoms with E-state index in [1.807, 2.05) is 0 Å². The summed E-state index contributed by atoms with van der Waals surface area (Å²) in [6.07, 6.45) is 1.62. The van der Waals surface area contributed by atoms with Gasteiger partial charge in [0.2, 0.25) is 0 Å². The summed E-state index contributed by atoms with van der Waals surface area (Å²) < 4.78 is 1.07. The molecule has 0 radical (unpaired) electrons. The highest BCUT2D eigenvalue weighted by atomic mass is 79.9. The minimum Gasteiger partial charge on any atom is -0.340 e. The van der Waals surface area contributed by atoms with Crippen molar-refractivity contribution in [2.24, 2.45) is 0 Å². The van der Waals surface area contributed by atoms with Crippen molar-refractivity contribution in [3.63, 3.8) is 0 Å². The maximum absolute atomic E-state index is 4.51. The van der Waals surface area contributed by atoms with Crippen LogP contribution in [0, 0.1) is 13.8 Å². The first kappa shape index (κ1) is 18.8. The Morgan fingerprint density at radius 1 is 0.962 bits per heavy atom. The number of thiophene rings is 1. The van der Waals surface area contributed by atoms with Crippen LogP contribution in [0.5, 0.6) is 0 Å². The Kier molecular flexibility index (Phi) is 5.61. The maximum atomic E-state index is 4.51. The average molecular weight is 447 g/mol. The smallest absolute Gasteiger partial charge is 0.143 e. The van der Waals surface area contributed by atoms with E-state index in [1.165, 1.54) is 11.1 Å². The molecule has 3 nitrogen and oxygen atoms in total. The highest BCUT2D eigenvalue weighted by Gasteiger charge is 2.13. The van der Waals surface area contributed by atoms with Crippen LogP contribution in [0.3, 0.4) is 0 Å². The molecule has 0 saturated carbocycles. The number of rotatable bonds is 3. The summed E-state index contributed by atoms with van der Waals surface area (Å²) >= 11 is 5.14. The summed E-state index contributed by atoms with van der Waals surface area (Å²) in [5, 5.41) is 6.68. The third kappa shape index (κ3) is 3.61. The lowest BCUT2D eigenvalue weighted by atomic mass is 10.1. The first-order chi connectivity index (χ1) is 12.1. The summed E-state index contributed by atoms with van der Waals surface area (Å²) in [6.45, 7) is 4.24. The molecule has 132 valence electrons. The van der Waals surface area contributed by atoms with Crippen LogP contribution >= 0.6 is 39.7 Å². The van der Waals surface area contributed by atoms with E-state index >= 15 is 0 Å². The molecule has 2 aromatic heterocycles. The van der Waals surface area contributed by atoms with Gasteiger partial charge in [-0.1, -0.05) is 34.1 Å². The van der Waals surface area contributed by atoms with Gasteiger partial charge in [-0.25, -0.2) is 9.97 Å². The topological polar surface area (TPSA) is 37.8 Å². The number of aromatic nitrogens is 2.